The number of hydrogen-bond acceptors (Lipinski definition) is 3. The van der Waals surface area contributed by atoms with Gasteiger partial charge in [-0.25, -0.2) is 4.79 Å². The number of carboxylic acid groups (broad SMARTS) is 1. The number of carboxylic acids is 1. The summed E-state index contributed by atoms with van der Waals surface area (Å²) in [5.74, 6) is -1.03. The highest BCUT2D eigenvalue weighted by Gasteiger charge is 2.02. The van der Waals surface area contributed by atoms with E-state index < -0.39 is 5.97 Å². The zero-order chi connectivity index (χ0) is 8.43. The Morgan fingerprint density at radius 2 is 2.36 bits per heavy atom. The van der Waals surface area contributed by atoms with Crippen LogP contribution in [0.1, 0.15) is 10.4 Å². The summed E-state index contributed by atoms with van der Waals surface area (Å²) in [4.78, 5) is 12.9. The normalized spacial score (nSPS) is 9.45. The minimum Gasteiger partial charge on any atom is -0.478 e. The lowest BCUT2D eigenvalue weighted by Crippen LogP contribution is -1.99. The van der Waals surface area contributed by atoms with E-state index in [-0.39, 0.29) is 11.3 Å². The first-order valence-electron chi connectivity index (χ1n) is 2.83. The summed E-state index contributed by atoms with van der Waals surface area (Å²) in [6.45, 7) is 0. The van der Waals surface area contributed by atoms with Crippen LogP contribution in [0.25, 0.3) is 0 Å². The largest absolute Gasteiger partial charge is 0.478 e. The molecule has 0 fully saturated rings. The monoisotopic (exact) mass is 170 g/mol. The molecule has 0 aliphatic heterocycles. The molecule has 11 heavy (non-hydrogen) atoms. The SMILES string of the molecule is Nc1cc(C(=O)O)c[nH]c1=S. The van der Waals surface area contributed by atoms with E-state index in [0.29, 0.717) is 4.64 Å². The van der Waals surface area contributed by atoms with Crippen LogP contribution < -0.4 is 5.73 Å². The molecule has 0 saturated carbocycles. The summed E-state index contributed by atoms with van der Waals surface area (Å²) in [6.07, 6.45) is 1.31. The van der Waals surface area contributed by atoms with Crippen molar-refractivity contribution < 1.29 is 9.90 Å². The maximum Gasteiger partial charge on any atom is 0.337 e. The van der Waals surface area contributed by atoms with Crippen molar-refractivity contribution in [2.24, 2.45) is 0 Å². The van der Waals surface area contributed by atoms with Gasteiger partial charge in [-0.1, -0.05) is 12.2 Å². The Hall–Kier alpha value is -1.36. The van der Waals surface area contributed by atoms with Gasteiger partial charge in [0.2, 0.25) is 0 Å². The van der Waals surface area contributed by atoms with Gasteiger partial charge in [-0.2, -0.15) is 0 Å². The lowest BCUT2D eigenvalue weighted by atomic mass is 10.3. The van der Waals surface area contributed by atoms with Gasteiger partial charge >= 0.3 is 5.97 Å². The lowest BCUT2D eigenvalue weighted by molar-refractivity contribution is 0.0696. The standard InChI is InChI=1S/C6H6N2O2S/c7-4-1-3(6(9)10)2-8-5(4)11/h1-2H,7H2,(H,8,11)(H,9,10). The molecule has 1 aromatic heterocycles. The van der Waals surface area contributed by atoms with E-state index in [4.69, 9.17) is 23.1 Å². The fourth-order valence-corrected chi connectivity index (χ4v) is 0.743. The summed E-state index contributed by atoms with van der Waals surface area (Å²) >= 11 is 4.73. The molecular weight excluding hydrogens is 164 g/mol. The number of anilines is 1. The number of nitrogens with two attached hydrogens (primary N) is 1. The number of aromatic amines is 1. The Kier molecular flexibility index (Phi) is 1.91. The lowest BCUT2D eigenvalue weighted by Gasteiger charge is -1.95. The smallest absolute Gasteiger partial charge is 0.337 e. The molecule has 0 spiro atoms. The Morgan fingerprint density at radius 3 is 2.82 bits per heavy atom. The van der Waals surface area contributed by atoms with Crippen molar-refractivity contribution in [3.05, 3.63) is 22.5 Å². The van der Waals surface area contributed by atoms with Crippen LogP contribution in [-0.2, 0) is 0 Å². The molecule has 0 atom stereocenters. The van der Waals surface area contributed by atoms with Crippen LogP contribution in [0.3, 0.4) is 0 Å². The molecule has 1 rings (SSSR count). The van der Waals surface area contributed by atoms with E-state index in [2.05, 4.69) is 4.98 Å². The molecule has 1 heterocycles. The fraction of sp³-hybridized carbons (Fsp3) is 0. The third-order valence-corrected chi connectivity index (χ3v) is 1.53. The number of nitrogens with one attached hydrogen (secondary N) is 1. The molecular formula is C6H6N2O2S. The van der Waals surface area contributed by atoms with Gasteiger partial charge in [-0.3, -0.25) is 0 Å². The maximum absolute atomic E-state index is 10.4. The average molecular weight is 170 g/mol. The summed E-state index contributed by atoms with van der Waals surface area (Å²) in [7, 11) is 0. The second-order valence-electron chi connectivity index (χ2n) is 1.98. The van der Waals surface area contributed by atoms with Crippen LogP contribution in [0.15, 0.2) is 12.3 Å². The Bertz CT molecular complexity index is 345. The topological polar surface area (TPSA) is 79.1 Å². The van der Waals surface area contributed by atoms with Gasteiger partial charge < -0.3 is 15.8 Å². The van der Waals surface area contributed by atoms with Crippen LogP contribution >= 0.6 is 12.2 Å². The molecule has 0 radical (unpaired) electrons. The average Bonchev–Trinajstić information content (AvgIpc) is 1.94. The molecule has 0 bridgehead atoms. The summed E-state index contributed by atoms with van der Waals surface area (Å²) in [5.41, 5.74) is 5.74. The Labute approximate surface area is 67.7 Å². The zero-order valence-electron chi connectivity index (χ0n) is 5.50. The number of aromatic carboxylic acids is 1. The van der Waals surface area contributed by atoms with Crippen LogP contribution in [0.5, 0.6) is 0 Å². The zero-order valence-corrected chi connectivity index (χ0v) is 6.31. The van der Waals surface area contributed by atoms with Crippen molar-refractivity contribution in [3.63, 3.8) is 0 Å². The number of nitrogen functional groups attached to an aromatic ring is 1. The number of pyridine rings is 1. The number of H-pyrrole nitrogens is 1. The van der Waals surface area contributed by atoms with E-state index in [0.717, 1.165) is 0 Å². The van der Waals surface area contributed by atoms with Gasteiger partial charge in [0.05, 0.1) is 11.3 Å². The minimum absolute atomic E-state index is 0.108. The summed E-state index contributed by atoms with van der Waals surface area (Å²) < 4.78 is 0.356. The maximum atomic E-state index is 10.4. The first kappa shape index (κ1) is 7.74. The van der Waals surface area contributed by atoms with E-state index in [1.807, 2.05) is 0 Å². The van der Waals surface area contributed by atoms with Gasteiger partial charge in [-0.05, 0) is 6.07 Å². The van der Waals surface area contributed by atoms with Crippen molar-refractivity contribution >= 4 is 23.9 Å². The number of aromatic nitrogens is 1. The molecule has 0 aliphatic rings. The third-order valence-electron chi connectivity index (χ3n) is 1.18. The van der Waals surface area contributed by atoms with Crippen LogP contribution in [-0.4, -0.2) is 16.1 Å². The van der Waals surface area contributed by atoms with Gasteiger partial charge in [0.1, 0.15) is 4.64 Å². The number of rotatable bonds is 1. The highest BCUT2D eigenvalue weighted by Crippen LogP contribution is 2.05. The minimum atomic E-state index is -1.03. The second-order valence-corrected chi connectivity index (χ2v) is 2.39. The van der Waals surface area contributed by atoms with Crippen molar-refractivity contribution in [2.75, 3.05) is 5.73 Å². The summed E-state index contributed by atoms with van der Waals surface area (Å²) in [5, 5.41) is 8.49. The molecule has 0 aromatic carbocycles. The van der Waals surface area contributed by atoms with Crippen molar-refractivity contribution in [1.82, 2.24) is 4.98 Å². The quantitative estimate of drug-likeness (QED) is 0.550. The van der Waals surface area contributed by atoms with Gasteiger partial charge in [0.15, 0.2) is 0 Å². The molecule has 0 aliphatic carbocycles. The predicted molar refractivity (Wildman–Crippen MR) is 43.0 cm³/mol. The first-order valence-corrected chi connectivity index (χ1v) is 3.23. The molecule has 0 amide bonds. The second kappa shape index (κ2) is 2.71. The molecule has 58 valence electrons. The van der Waals surface area contributed by atoms with Crippen molar-refractivity contribution in [1.29, 1.82) is 0 Å². The highest BCUT2D eigenvalue weighted by molar-refractivity contribution is 7.71. The molecule has 4 nitrogen and oxygen atoms in total. The van der Waals surface area contributed by atoms with Crippen molar-refractivity contribution in [2.45, 2.75) is 0 Å². The van der Waals surface area contributed by atoms with E-state index in [9.17, 15) is 4.79 Å². The molecule has 5 heteroatoms. The van der Waals surface area contributed by atoms with E-state index in [1.165, 1.54) is 12.3 Å². The van der Waals surface area contributed by atoms with E-state index in [1.54, 1.807) is 0 Å². The van der Waals surface area contributed by atoms with Crippen LogP contribution in [0.2, 0.25) is 0 Å². The van der Waals surface area contributed by atoms with Crippen LogP contribution in [0, 0.1) is 4.64 Å². The first-order chi connectivity index (χ1) is 5.11. The number of hydrogen-bond donors (Lipinski definition) is 3. The third kappa shape index (κ3) is 1.56. The van der Waals surface area contributed by atoms with Crippen molar-refractivity contribution in [3.8, 4) is 0 Å². The van der Waals surface area contributed by atoms with Crippen LogP contribution in [0.4, 0.5) is 5.69 Å². The van der Waals surface area contributed by atoms with Gasteiger partial charge in [0, 0.05) is 6.20 Å². The predicted octanol–water partition coefficient (Wildman–Crippen LogP) is 1.02. The molecule has 4 N–H and O–H groups in total. The molecule has 1 aromatic rings. The highest BCUT2D eigenvalue weighted by atomic mass is 32.1. The van der Waals surface area contributed by atoms with Gasteiger partial charge in [-0.15, -0.1) is 0 Å². The Morgan fingerprint density at radius 1 is 1.73 bits per heavy atom. The molecule has 0 saturated heterocycles. The Balaban J connectivity index is 3.26. The fourth-order valence-electron chi connectivity index (χ4n) is 0.625. The number of carbonyl (C=O) groups is 1. The van der Waals surface area contributed by atoms with E-state index >= 15 is 0 Å². The van der Waals surface area contributed by atoms with Gasteiger partial charge in [0.25, 0.3) is 0 Å². The summed E-state index contributed by atoms with van der Waals surface area (Å²) in [6, 6.07) is 1.32. The molecule has 0 unspecified atom stereocenters.